The smallest absolute Gasteiger partial charge is 0.295 e. The molecule has 0 unspecified atom stereocenters. The largest absolute Gasteiger partial charge is 0.375 e. The van der Waals surface area contributed by atoms with Gasteiger partial charge in [-0.2, -0.15) is 5.26 Å². The van der Waals surface area contributed by atoms with E-state index in [0.29, 0.717) is 17.7 Å². The average Bonchev–Trinajstić information content (AvgIpc) is 2.48. The lowest BCUT2D eigenvalue weighted by Gasteiger charge is -2.09. The zero-order chi connectivity index (χ0) is 15.4. The van der Waals surface area contributed by atoms with Crippen LogP contribution in [-0.2, 0) is 6.54 Å². The molecule has 2 aromatic rings. The number of halogens is 1. The molecule has 106 valence electrons. The molecule has 0 radical (unpaired) electrons. The summed E-state index contributed by atoms with van der Waals surface area (Å²) in [6, 6.07) is 11.2. The van der Waals surface area contributed by atoms with Gasteiger partial charge >= 0.3 is 0 Å². The van der Waals surface area contributed by atoms with Crippen LogP contribution >= 0.6 is 0 Å². The summed E-state index contributed by atoms with van der Waals surface area (Å²) in [5.41, 5.74) is 1.71. The van der Waals surface area contributed by atoms with Gasteiger partial charge in [0.1, 0.15) is 11.5 Å². The van der Waals surface area contributed by atoms with E-state index in [1.807, 2.05) is 6.07 Å². The summed E-state index contributed by atoms with van der Waals surface area (Å²) >= 11 is 0. The number of aryl methyl sites for hydroxylation is 1. The fourth-order valence-corrected chi connectivity index (χ4v) is 1.86. The monoisotopic (exact) mass is 285 g/mol. The van der Waals surface area contributed by atoms with Gasteiger partial charge in [-0.1, -0.05) is 12.1 Å². The number of nitriles is 1. The topological polar surface area (TPSA) is 79.0 Å². The molecular weight excluding hydrogens is 273 g/mol. The van der Waals surface area contributed by atoms with E-state index in [-0.39, 0.29) is 11.4 Å². The molecule has 21 heavy (non-hydrogen) atoms. The number of benzene rings is 2. The first-order chi connectivity index (χ1) is 10.0. The summed E-state index contributed by atoms with van der Waals surface area (Å²) in [7, 11) is 0. The van der Waals surface area contributed by atoms with Crippen LogP contribution < -0.4 is 5.32 Å². The van der Waals surface area contributed by atoms with Gasteiger partial charge in [0.25, 0.3) is 5.69 Å². The molecule has 0 saturated carbocycles. The van der Waals surface area contributed by atoms with Crippen molar-refractivity contribution in [2.24, 2.45) is 0 Å². The van der Waals surface area contributed by atoms with Gasteiger partial charge in [-0.3, -0.25) is 10.1 Å². The fraction of sp³-hybridized carbons (Fsp3) is 0.133. The summed E-state index contributed by atoms with van der Waals surface area (Å²) in [6.07, 6.45) is 0. The normalized spacial score (nSPS) is 9.95. The van der Waals surface area contributed by atoms with Crippen LogP contribution in [0.3, 0.4) is 0 Å². The maximum absolute atomic E-state index is 13.4. The van der Waals surface area contributed by atoms with Crippen LogP contribution in [0, 0.1) is 34.2 Å². The second-order valence-corrected chi connectivity index (χ2v) is 4.54. The fourth-order valence-electron chi connectivity index (χ4n) is 1.86. The van der Waals surface area contributed by atoms with Crippen LogP contribution in [0.4, 0.5) is 15.8 Å². The molecule has 0 bridgehead atoms. The van der Waals surface area contributed by atoms with Crippen LogP contribution in [0.15, 0.2) is 36.4 Å². The number of nitro groups is 1. The quantitative estimate of drug-likeness (QED) is 0.688. The Bertz CT molecular complexity index is 721. The number of anilines is 1. The molecule has 0 aromatic heterocycles. The SMILES string of the molecule is Cc1cc(NCc2ccc(C#N)cc2)c([N+](=O)[O-])cc1F. The summed E-state index contributed by atoms with van der Waals surface area (Å²) in [5, 5.41) is 22.6. The lowest BCUT2D eigenvalue weighted by Crippen LogP contribution is -2.04. The second-order valence-electron chi connectivity index (χ2n) is 4.54. The molecule has 6 heteroatoms. The number of rotatable bonds is 4. The third kappa shape index (κ3) is 3.34. The Balaban J connectivity index is 2.21. The van der Waals surface area contributed by atoms with E-state index in [2.05, 4.69) is 5.32 Å². The van der Waals surface area contributed by atoms with Crippen molar-refractivity contribution in [2.75, 3.05) is 5.32 Å². The van der Waals surface area contributed by atoms with E-state index < -0.39 is 10.7 Å². The van der Waals surface area contributed by atoms with E-state index in [9.17, 15) is 14.5 Å². The van der Waals surface area contributed by atoms with Crippen molar-refractivity contribution in [3.8, 4) is 6.07 Å². The predicted molar refractivity (Wildman–Crippen MR) is 76.3 cm³/mol. The summed E-state index contributed by atoms with van der Waals surface area (Å²) < 4.78 is 13.4. The first-order valence-electron chi connectivity index (χ1n) is 6.18. The predicted octanol–water partition coefficient (Wildman–Crippen LogP) is 3.53. The van der Waals surface area contributed by atoms with Gasteiger partial charge in [0, 0.05) is 6.54 Å². The first-order valence-corrected chi connectivity index (χ1v) is 6.18. The van der Waals surface area contributed by atoms with Crippen molar-refractivity contribution in [3.63, 3.8) is 0 Å². The Morgan fingerprint density at radius 3 is 2.57 bits per heavy atom. The van der Waals surface area contributed by atoms with Crippen molar-refractivity contribution in [1.82, 2.24) is 0 Å². The summed E-state index contributed by atoms with van der Waals surface area (Å²) in [4.78, 5) is 10.3. The minimum Gasteiger partial charge on any atom is -0.375 e. The Kier molecular flexibility index (Phi) is 4.14. The average molecular weight is 285 g/mol. The van der Waals surface area contributed by atoms with Crippen LogP contribution in [-0.4, -0.2) is 4.92 Å². The number of hydrogen-bond acceptors (Lipinski definition) is 4. The maximum atomic E-state index is 13.4. The van der Waals surface area contributed by atoms with E-state index >= 15 is 0 Å². The molecule has 0 saturated heterocycles. The van der Waals surface area contributed by atoms with Crippen molar-refractivity contribution in [2.45, 2.75) is 13.5 Å². The van der Waals surface area contributed by atoms with Crippen molar-refractivity contribution < 1.29 is 9.31 Å². The molecule has 0 amide bonds. The van der Waals surface area contributed by atoms with Gasteiger partial charge in [-0.25, -0.2) is 4.39 Å². The van der Waals surface area contributed by atoms with Crippen LogP contribution in [0.25, 0.3) is 0 Å². The van der Waals surface area contributed by atoms with Gasteiger partial charge in [-0.05, 0) is 36.2 Å². The third-order valence-electron chi connectivity index (χ3n) is 3.04. The third-order valence-corrected chi connectivity index (χ3v) is 3.04. The minimum absolute atomic E-state index is 0.267. The highest BCUT2D eigenvalue weighted by Gasteiger charge is 2.16. The van der Waals surface area contributed by atoms with Crippen LogP contribution in [0.5, 0.6) is 0 Å². The van der Waals surface area contributed by atoms with E-state index in [0.717, 1.165) is 11.6 Å². The number of nitrogens with zero attached hydrogens (tertiary/aromatic N) is 2. The molecule has 5 nitrogen and oxygen atoms in total. The van der Waals surface area contributed by atoms with Gasteiger partial charge < -0.3 is 5.32 Å². The highest BCUT2D eigenvalue weighted by atomic mass is 19.1. The van der Waals surface area contributed by atoms with E-state index in [4.69, 9.17) is 5.26 Å². The molecule has 0 aliphatic carbocycles. The standard InChI is InChI=1S/C15H12FN3O2/c1-10-6-14(15(19(20)21)7-13(10)16)18-9-12-4-2-11(8-17)3-5-12/h2-7,18H,9H2,1H3. The number of nitro benzene ring substituents is 1. The number of hydrogen-bond donors (Lipinski definition) is 1. The molecule has 0 heterocycles. The molecule has 0 fully saturated rings. The molecule has 0 atom stereocenters. The second kappa shape index (κ2) is 6.01. The van der Waals surface area contributed by atoms with Crippen LogP contribution in [0.2, 0.25) is 0 Å². The van der Waals surface area contributed by atoms with E-state index in [1.165, 1.54) is 6.07 Å². The van der Waals surface area contributed by atoms with Crippen molar-refractivity contribution in [3.05, 3.63) is 69.0 Å². The molecule has 1 N–H and O–H groups in total. The number of nitrogens with one attached hydrogen (secondary N) is 1. The Morgan fingerprint density at radius 1 is 1.33 bits per heavy atom. The van der Waals surface area contributed by atoms with E-state index in [1.54, 1.807) is 31.2 Å². The van der Waals surface area contributed by atoms with Crippen molar-refractivity contribution in [1.29, 1.82) is 5.26 Å². The Labute approximate surface area is 120 Å². The van der Waals surface area contributed by atoms with Gasteiger partial charge in [0.15, 0.2) is 0 Å². The maximum Gasteiger partial charge on any atom is 0.295 e. The molecule has 2 rings (SSSR count). The lowest BCUT2D eigenvalue weighted by molar-refractivity contribution is -0.384. The Morgan fingerprint density at radius 2 is 2.00 bits per heavy atom. The molecule has 0 aliphatic heterocycles. The molecule has 2 aromatic carbocycles. The zero-order valence-electron chi connectivity index (χ0n) is 11.3. The molecular formula is C15H12FN3O2. The van der Waals surface area contributed by atoms with Gasteiger partial charge in [0.2, 0.25) is 0 Å². The lowest BCUT2D eigenvalue weighted by atomic mass is 10.1. The van der Waals surface area contributed by atoms with Crippen molar-refractivity contribution >= 4 is 11.4 Å². The summed E-state index contributed by atoms with van der Waals surface area (Å²) in [6.45, 7) is 1.89. The first kappa shape index (κ1) is 14.5. The Hall–Kier alpha value is -2.94. The highest BCUT2D eigenvalue weighted by molar-refractivity contribution is 5.63. The van der Waals surface area contributed by atoms with Gasteiger partial charge in [-0.15, -0.1) is 0 Å². The summed E-state index contributed by atoms with van der Waals surface area (Å²) in [5.74, 6) is -0.606. The van der Waals surface area contributed by atoms with Crippen LogP contribution in [0.1, 0.15) is 16.7 Å². The zero-order valence-corrected chi connectivity index (χ0v) is 11.3. The minimum atomic E-state index is -0.621. The molecule has 0 spiro atoms. The van der Waals surface area contributed by atoms with Gasteiger partial charge in [0.05, 0.1) is 22.6 Å². The molecule has 0 aliphatic rings. The highest BCUT2D eigenvalue weighted by Crippen LogP contribution is 2.27.